The molecule has 0 spiro atoms. The molecule has 0 fully saturated rings. The number of hydrogen-bond donors (Lipinski definition) is 6. The van der Waals surface area contributed by atoms with Crippen molar-refractivity contribution in [2.24, 2.45) is 17.6 Å². The Bertz CT molecular complexity index is 624. The van der Waals surface area contributed by atoms with Crippen molar-refractivity contribution in [2.45, 2.75) is 71.5 Å². The summed E-state index contributed by atoms with van der Waals surface area (Å²) in [5.74, 6) is -4.56. The molecule has 0 aliphatic rings. The zero-order valence-corrected chi connectivity index (χ0v) is 17.9. The first-order chi connectivity index (χ1) is 13.9. The first-order valence-electron chi connectivity index (χ1n) is 9.96. The number of carbonyl (C=O) groups excluding carboxylic acids is 3. The molecule has 0 saturated heterocycles. The van der Waals surface area contributed by atoms with Crippen LogP contribution >= 0.6 is 0 Å². The van der Waals surface area contributed by atoms with E-state index in [1.54, 1.807) is 6.92 Å². The first kappa shape index (κ1) is 27.3. The lowest BCUT2D eigenvalue weighted by atomic mass is 9.96. The lowest BCUT2D eigenvalue weighted by Crippen LogP contribution is -2.58. The highest BCUT2D eigenvalue weighted by Crippen LogP contribution is 2.11. The molecule has 0 rings (SSSR count). The third-order valence-corrected chi connectivity index (χ3v) is 4.55. The van der Waals surface area contributed by atoms with Gasteiger partial charge < -0.3 is 31.9 Å². The van der Waals surface area contributed by atoms with Gasteiger partial charge in [0, 0.05) is 6.42 Å². The minimum Gasteiger partial charge on any atom is -0.481 e. The molecule has 0 aliphatic heterocycles. The summed E-state index contributed by atoms with van der Waals surface area (Å²) in [6.07, 6.45) is 0.327. The van der Waals surface area contributed by atoms with Crippen molar-refractivity contribution in [1.29, 1.82) is 0 Å². The van der Waals surface area contributed by atoms with Crippen LogP contribution in [-0.4, -0.2) is 64.5 Å². The third kappa shape index (κ3) is 10.7. The van der Waals surface area contributed by atoms with E-state index in [4.69, 9.17) is 15.9 Å². The van der Waals surface area contributed by atoms with Gasteiger partial charge in [-0.15, -0.1) is 0 Å². The van der Waals surface area contributed by atoms with Gasteiger partial charge in [-0.05, 0) is 24.7 Å². The predicted molar refractivity (Wildman–Crippen MR) is 108 cm³/mol. The standard InChI is InChI=1S/C19H34N4O7/c1-5-11(4)16(23-17(28)12(20)8-10(2)3)19(30)22-13(6-7-14(24)25)18(29)21-9-15(26)27/h10-13,16H,5-9,20H2,1-4H3,(H,21,29)(H,22,30)(H,23,28)(H,24,25)(H,26,27). The van der Waals surface area contributed by atoms with E-state index in [0.717, 1.165) is 0 Å². The smallest absolute Gasteiger partial charge is 0.322 e. The van der Waals surface area contributed by atoms with Crippen LogP contribution in [0.1, 0.15) is 53.4 Å². The van der Waals surface area contributed by atoms with Crippen LogP contribution in [0.25, 0.3) is 0 Å². The molecule has 30 heavy (non-hydrogen) atoms. The minimum atomic E-state index is -1.28. The quantitative estimate of drug-likeness (QED) is 0.211. The van der Waals surface area contributed by atoms with Crippen LogP contribution in [0.3, 0.4) is 0 Å². The number of carboxylic acid groups (broad SMARTS) is 2. The Labute approximate surface area is 176 Å². The fourth-order valence-electron chi connectivity index (χ4n) is 2.66. The largest absolute Gasteiger partial charge is 0.481 e. The summed E-state index contributed by atoms with van der Waals surface area (Å²) < 4.78 is 0. The van der Waals surface area contributed by atoms with E-state index >= 15 is 0 Å². The zero-order valence-electron chi connectivity index (χ0n) is 17.9. The van der Waals surface area contributed by atoms with Crippen LogP contribution in [0.2, 0.25) is 0 Å². The lowest BCUT2D eigenvalue weighted by molar-refractivity contribution is -0.140. The van der Waals surface area contributed by atoms with E-state index in [0.29, 0.717) is 12.8 Å². The van der Waals surface area contributed by atoms with Crippen molar-refractivity contribution in [3.63, 3.8) is 0 Å². The Balaban J connectivity index is 5.34. The molecular formula is C19H34N4O7. The zero-order chi connectivity index (χ0) is 23.4. The highest BCUT2D eigenvalue weighted by molar-refractivity contribution is 5.94. The van der Waals surface area contributed by atoms with Gasteiger partial charge >= 0.3 is 11.9 Å². The van der Waals surface area contributed by atoms with Crippen molar-refractivity contribution >= 4 is 29.7 Å². The summed E-state index contributed by atoms with van der Waals surface area (Å²) in [7, 11) is 0. The van der Waals surface area contributed by atoms with E-state index < -0.39 is 60.8 Å². The summed E-state index contributed by atoms with van der Waals surface area (Å²) in [5, 5.41) is 24.7. The van der Waals surface area contributed by atoms with Crippen molar-refractivity contribution in [3.8, 4) is 0 Å². The predicted octanol–water partition coefficient (Wildman–Crippen LogP) is -0.559. The number of nitrogens with two attached hydrogens (primary N) is 1. The van der Waals surface area contributed by atoms with Crippen LogP contribution in [0.5, 0.6) is 0 Å². The highest BCUT2D eigenvalue weighted by atomic mass is 16.4. The summed E-state index contributed by atoms with van der Waals surface area (Å²) in [4.78, 5) is 58.9. The summed E-state index contributed by atoms with van der Waals surface area (Å²) >= 11 is 0. The number of aliphatic carboxylic acids is 2. The van der Waals surface area contributed by atoms with Crippen molar-refractivity contribution in [3.05, 3.63) is 0 Å². The normalized spacial score (nSPS) is 14.9. The number of hydrogen-bond acceptors (Lipinski definition) is 6. The van der Waals surface area contributed by atoms with E-state index in [2.05, 4.69) is 16.0 Å². The summed E-state index contributed by atoms with van der Waals surface area (Å²) in [5.41, 5.74) is 5.88. The molecule has 0 bridgehead atoms. The summed E-state index contributed by atoms with van der Waals surface area (Å²) in [6, 6.07) is -3.05. The fourth-order valence-corrected chi connectivity index (χ4v) is 2.66. The Morgan fingerprint density at radius 3 is 1.97 bits per heavy atom. The molecule has 0 radical (unpaired) electrons. The average molecular weight is 431 g/mol. The molecule has 4 atom stereocenters. The maximum atomic E-state index is 12.8. The van der Waals surface area contributed by atoms with E-state index in [1.165, 1.54) is 0 Å². The molecule has 172 valence electrons. The molecule has 4 unspecified atom stereocenters. The van der Waals surface area contributed by atoms with Crippen molar-refractivity contribution in [1.82, 2.24) is 16.0 Å². The average Bonchev–Trinajstić information content (AvgIpc) is 2.65. The molecule has 0 aromatic heterocycles. The van der Waals surface area contributed by atoms with Crippen molar-refractivity contribution < 1.29 is 34.2 Å². The van der Waals surface area contributed by atoms with Gasteiger partial charge in [-0.2, -0.15) is 0 Å². The molecular weight excluding hydrogens is 396 g/mol. The molecule has 0 aliphatic carbocycles. The molecule has 3 amide bonds. The number of carboxylic acids is 2. The van der Waals surface area contributed by atoms with Gasteiger partial charge in [-0.1, -0.05) is 34.1 Å². The monoisotopic (exact) mass is 430 g/mol. The van der Waals surface area contributed by atoms with Gasteiger partial charge in [0.2, 0.25) is 17.7 Å². The molecule has 7 N–H and O–H groups in total. The van der Waals surface area contributed by atoms with E-state index in [-0.39, 0.29) is 18.3 Å². The van der Waals surface area contributed by atoms with Crippen LogP contribution < -0.4 is 21.7 Å². The second kappa shape index (κ2) is 13.5. The topological polar surface area (TPSA) is 188 Å². The lowest BCUT2D eigenvalue weighted by Gasteiger charge is -2.27. The third-order valence-electron chi connectivity index (χ3n) is 4.55. The minimum absolute atomic E-state index is 0.181. The second-order valence-corrected chi connectivity index (χ2v) is 7.71. The van der Waals surface area contributed by atoms with E-state index in [1.807, 2.05) is 20.8 Å². The van der Waals surface area contributed by atoms with Crippen LogP contribution in [0.15, 0.2) is 0 Å². The molecule has 11 heteroatoms. The maximum absolute atomic E-state index is 12.8. The highest BCUT2D eigenvalue weighted by Gasteiger charge is 2.31. The van der Waals surface area contributed by atoms with Crippen LogP contribution in [0.4, 0.5) is 0 Å². The molecule has 0 heterocycles. The SMILES string of the molecule is CCC(C)C(NC(=O)C(N)CC(C)C)C(=O)NC(CCC(=O)O)C(=O)NCC(=O)O. The Morgan fingerprint density at radius 1 is 0.900 bits per heavy atom. The Kier molecular flexibility index (Phi) is 12.3. The fraction of sp³-hybridized carbons (Fsp3) is 0.737. The van der Waals surface area contributed by atoms with Gasteiger partial charge in [-0.3, -0.25) is 24.0 Å². The molecule has 0 aromatic rings. The van der Waals surface area contributed by atoms with Gasteiger partial charge in [0.15, 0.2) is 0 Å². The number of nitrogens with one attached hydrogen (secondary N) is 3. The summed E-state index contributed by atoms with van der Waals surface area (Å²) in [6.45, 7) is 6.72. The number of rotatable bonds is 14. The maximum Gasteiger partial charge on any atom is 0.322 e. The first-order valence-corrected chi connectivity index (χ1v) is 9.96. The Morgan fingerprint density at radius 2 is 1.50 bits per heavy atom. The molecule has 0 aromatic carbocycles. The van der Waals surface area contributed by atoms with Crippen LogP contribution in [-0.2, 0) is 24.0 Å². The van der Waals surface area contributed by atoms with Crippen molar-refractivity contribution in [2.75, 3.05) is 6.54 Å². The van der Waals surface area contributed by atoms with E-state index in [9.17, 15) is 24.0 Å². The van der Waals surface area contributed by atoms with Crippen LogP contribution in [0, 0.1) is 11.8 Å². The number of carbonyl (C=O) groups is 5. The van der Waals surface area contributed by atoms with Gasteiger partial charge in [0.05, 0.1) is 6.04 Å². The van der Waals surface area contributed by atoms with Gasteiger partial charge in [-0.25, -0.2) is 0 Å². The Hall–Kier alpha value is -2.69. The van der Waals surface area contributed by atoms with Gasteiger partial charge in [0.25, 0.3) is 0 Å². The van der Waals surface area contributed by atoms with Gasteiger partial charge in [0.1, 0.15) is 18.6 Å². The second-order valence-electron chi connectivity index (χ2n) is 7.71. The molecule has 0 saturated carbocycles. The number of amides is 3. The molecule has 11 nitrogen and oxygen atoms in total.